The van der Waals surface area contributed by atoms with Gasteiger partial charge in [-0.25, -0.2) is 0 Å². The average molecular weight is 172 g/mol. The number of hydrazine groups is 1. The van der Waals surface area contributed by atoms with E-state index in [0.29, 0.717) is 6.04 Å². The smallest absolute Gasteiger partial charge is 0.0210 e. The molecule has 0 rings (SSSR count). The van der Waals surface area contributed by atoms with Crippen molar-refractivity contribution in [2.24, 2.45) is 5.84 Å². The van der Waals surface area contributed by atoms with Crippen LogP contribution in [0.1, 0.15) is 58.8 Å². The van der Waals surface area contributed by atoms with Gasteiger partial charge in [0.15, 0.2) is 0 Å². The SMILES string of the molecule is CCCCCCC(CCC)NN. The molecule has 0 saturated carbocycles. The molecule has 0 heterocycles. The van der Waals surface area contributed by atoms with Crippen LogP contribution in [0.2, 0.25) is 0 Å². The minimum absolute atomic E-state index is 0.548. The second-order valence-corrected chi connectivity index (χ2v) is 3.50. The topological polar surface area (TPSA) is 38.0 Å². The van der Waals surface area contributed by atoms with Gasteiger partial charge in [-0.05, 0) is 12.8 Å². The molecule has 2 nitrogen and oxygen atoms in total. The Labute approximate surface area is 76.9 Å². The van der Waals surface area contributed by atoms with Gasteiger partial charge < -0.3 is 0 Å². The molecule has 0 radical (unpaired) electrons. The van der Waals surface area contributed by atoms with E-state index in [1.54, 1.807) is 0 Å². The average Bonchev–Trinajstić information content (AvgIpc) is 2.10. The van der Waals surface area contributed by atoms with E-state index in [0.717, 1.165) is 0 Å². The summed E-state index contributed by atoms with van der Waals surface area (Å²) in [5.74, 6) is 5.42. The Bertz CT molecular complexity index is 83.9. The van der Waals surface area contributed by atoms with E-state index in [2.05, 4.69) is 19.3 Å². The van der Waals surface area contributed by atoms with Gasteiger partial charge in [-0.15, -0.1) is 0 Å². The van der Waals surface area contributed by atoms with E-state index >= 15 is 0 Å². The van der Waals surface area contributed by atoms with Crippen molar-refractivity contribution >= 4 is 0 Å². The molecule has 0 bridgehead atoms. The number of hydrogen-bond acceptors (Lipinski definition) is 2. The summed E-state index contributed by atoms with van der Waals surface area (Å²) in [6, 6.07) is 0.548. The lowest BCUT2D eigenvalue weighted by Gasteiger charge is -2.13. The van der Waals surface area contributed by atoms with E-state index in [1.807, 2.05) is 0 Å². The summed E-state index contributed by atoms with van der Waals surface area (Å²) in [5.41, 5.74) is 2.88. The Morgan fingerprint density at radius 2 is 1.75 bits per heavy atom. The molecule has 74 valence electrons. The van der Waals surface area contributed by atoms with E-state index in [1.165, 1.54) is 44.9 Å². The molecule has 1 atom stereocenters. The van der Waals surface area contributed by atoms with Crippen molar-refractivity contribution in [3.05, 3.63) is 0 Å². The molecule has 0 aliphatic rings. The van der Waals surface area contributed by atoms with Gasteiger partial charge in [0, 0.05) is 6.04 Å². The van der Waals surface area contributed by atoms with Crippen LogP contribution in [0.25, 0.3) is 0 Å². The van der Waals surface area contributed by atoms with Crippen LogP contribution in [0.5, 0.6) is 0 Å². The fourth-order valence-corrected chi connectivity index (χ4v) is 1.48. The van der Waals surface area contributed by atoms with Gasteiger partial charge in [-0.2, -0.15) is 0 Å². The molecule has 0 fully saturated rings. The van der Waals surface area contributed by atoms with Crippen LogP contribution in [0.3, 0.4) is 0 Å². The van der Waals surface area contributed by atoms with Crippen molar-refractivity contribution in [3.63, 3.8) is 0 Å². The molecule has 0 spiro atoms. The maximum Gasteiger partial charge on any atom is 0.0210 e. The quantitative estimate of drug-likeness (QED) is 0.335. The first-order valence-electron chi connectivity index (χ1n) is 5.31. The molecule has 0 saturated heterocycles. The summed E-state index contributed by atoms with van der Waals surface area (Å²) in [6.07, 6.45) is 9.04. The highest BCUT2D eigenvalue weighted by molar-refractivity contribution is 4.62. The monoisotopic (exact) mass is 172 g/mol. The second kappa shape index (κ2) is 9.01. The van der Waals surface area contributed by atoms with Crippen molar-refractivity contribution in [3.8, 4) is 0 Å². The summed E-state index contributed by atoms with van der Waals surface area (Å²) in [4.78, 5) is 0. The number of nitrogens with one attached hydrogen (secondary N) is 1. The van der Waals surface area contributed by atoms with Crippen molar-refractivity contribution < 1.29 is 0 Å². The summed E-state index contributed by atoms with van der Waals surface area (Å²) in [7, 11) is 0. The summed E-state index contributed by atoms with van der Waals surface area (Å²) < 4.78 is 0. The van der Waals surface area contributed by atoms with Crippen molar-refractivity contribution in [2.45, 2.75) is 64.8 Å². The molecule has 2 heteroatoms. The molecule has 12 heavy (non-hydrogen) atoms. The lowest BCUT2D eigenvalue weighted by molar-refractivity contribution is 0.437. The van der Waals surface area contributed by atoms with Gasteiger partial charge in [-0.1, -0.05) is 46.0 Å². The Morgan fingerprint density at radius 3 is 2.25 bits per heavy atom. The second-order valence-electron chi connectivity index (χ2n) is 3.50. The van der Waals surface area contributed by atoms with Crippen LogP contribution in [-0.2, 0) is 0 Å². The highest BCUT2D eigenvalue weighted by Crippen LogP contribution is 2.08. The van der Waals surface area contributed by atoms with Crippen LogP contribution >= 0.6 is 0 Å². The molecule has 0 amide bonds. The van der Waals surface area contributed by atoms with Gasteiger partial charge in [0.2, 0.25) is 0 Å². The van der Waals surface area contributed by atoms with Crippen LogP contribution in [0.4, 0.5) is 0 Å². The predicted molar refractivity (Wildman–Crippen MR) is 54.8 cm³/mol. The van der Waals surface area contributed by atoms with Gasteiger partial charge in [-0.3, -0.25) is 11.3 Å². The standard InChI is InChI=1S/C10H24N2/c1-3-5-6-7-9-10(12-11)8-4-2/h10,12H,3-9,11H2,1-2H3. The van der Waals surface area contributed by atoms with Crippen molar-refractivity contribution in [1.29, 1.82) is 0 Å². The van der Waals surface area contributed by atoms with Gasteiger partial charge >= 0.3 is 0 Å². The van der Waals surface area contributed by atoms with E-state index in [4.69, 9.17) is 5.84 Å². The number of unbranched alkanes of at least 4 members (excludes halogenated alkanes) is 3. The molecular formula is C10H24N2. The molecular weight excluding hydrogens is 148 g/mol. The zero-order valence-electron chi connectivity index (χ0n) is 8.60. The minimum atomic E-state index is 0.548. The highest BCUT2D eigenvalue weighted by atomic mass is 15.2. The van der Waals surface area contributed by atoms with Gasteiger partial charge in [0.1, 0.15) is 0 Å². The van der Waals surface area contributed by atoms with Crippen LogP contribution < -0.4 is 11.3 Å². The summed E-state index contributed by atoms with van der Waals surface area (Å²) in [5, 5.41) is 0. The molecule has 1 unspecified atom stereocenters. The molecule has 0 aromatic rings. The first-order chi connectivity index (χ1) is 5.85. The summed E-state index contributed by atoms with van der Waals surface area (Å²) >= 11 is 0. The van der Waals surface area contributed by atoms with E-state index in [-0.39, 0.29) is 0 Å². The first kappa shape index (κ1) is 11.9. The lowest BCUT2D eigenvalue weighted by atomic mass is 10.0. The third kappa shape index (κ3) is 6.62. The van der Waals surface area contributed by atoms with Crippen LogP contribution in [-0.4, -0.2) is 6.04 Å². The molecule has 0 aliphatic heterocycles. The normalized spacial score (nSPS) is 13.2. The molecule has 0 aliphatic carbocycles. The highest BCUT2D eigenvalue weighted by Gasteiger charge is 2.03. The lowest BCUT2D eigenvalue weighted by Crippen LogP contribution is -2.34. The Hall–Kier alpha value is -0.0800. The van der Waals surface area contributed by atoms with Gasteiger partial charge in [0.25, 0.3) is 0 Å². The van der Waals surface area contributed by atoms with Gasteiger partial charge in [0.05, 0.1) is 0 Å². The molecule has 0 aromatic carbocycles. The third-order valence-electron chi connectivity index (χ3n) is 2.28. The number of nitrogens with two attached hydrogens (primary N) is 1. The van der Waals surface area contributed by atoms with Crippen LogP contribution in [0, 0.1) is 0 Å². The number of rotatable bonds is 8. The summed E-state index contributed by atoms with van der Waals surface area (Å²) in [6.45, 7) is 4.45. The number of hydrogen-bond donors (Lipinski definition) is 2. The minimum Gasteiger partial charge on any atom is -0.271 e. The van der Waals surface area contributed by atoms with Crippen molar-refractivity contribution in [1.82, 2.24) is 5.43 Å². The maximum absolute atomic E-state index is 5.42. The van der Waals surface area contributed by atoms with E-state index < -0.39 is 0 Å². The fraction of sp³-hybridized carbons (Fsp3) is 1.00. The third-order valence-corrected chi connectivity index (χ3v) is 2.28. The van der Waals surface area contributed by atoms with E-state index in [9.17, 15) is 0 Å². The Kier molecular flexibility index (Phi) is 8.95. The maximum atomic E-state index is 5.42. The molecule has 3 N–H and O–H groups in total. The zero-order chi connectivity index (χ0) is 9.23. The van der Waals surface area contributed by atoms with Crippen molar-refractivity contribution in [2.75, 3.05) is 0 Å². The predicted octanol–water partition coefficient (Wildman–Crippen LogP) is 2.59. The van der Waals surface area contributed by atoms with Crippen LogP contribution in [0.15, 0.2) is 0 Å². The molecule has 0 aromatic heterocycles. The zero-order valence-corrected chi connectivity index (χ0v) is 8.60. The Morgan fingerprint density at radius 1 is 1.00 bits per heavy atom. The first-order valence-corrected chi connectivity index (χ1v) is 5.31. The largest absolute Gasteiger partial charge is 0.271 e. The fourth-order valence-electron chi connectivity index (χ4n) is 1.48. The Balaban J connectivity index is 3.19.